The minimum absolute atomic E-state index is 0.0211. The van der Waals surface area contributed by atoms with Gasteiger partial charge in [0.2, 0.25) is 11.8 Å². The van der Waals surface area contributed by atoms with Crippen LogP contribution in [0.1, 0.15) is 33.4 Å². The van der Waals surface area contributed by atoms with E-state index >= 15 is 0 Å². The third kappa shape index (κ3) is 5.65. The molecule has 0 fully saturated rings. The van der Waals surface area contributed by atoms with Gasteiger partial charge >= 0.3 is 0 Å². The maximum atomic E-state index is 12.0. The summed E-state index contributed by atoms with van der Waals surface area (Å²) in [5.41, 5.74) is 2.47. The van der Waals surface area contributed by atoms with E-state index in [2.05, 4.69) is 36.4 Å². The van der Waals surface area contributed by atoms with Gasteiger partial charge in [-0.1, -0.05) is 32.5 Å². The molecule has 128 valence electrons. The van der Waals surface area contributed by atoms with Crippen LogP contribution in [0.4, 0.5) is 11.4 Å². The first-order chi connectivity index (χ1) is 11.2. The molecular weight excluding hydrogens is 342 g/mol. The number of carbonyl (C=O) groups is 2. The number of anilines is 2. The van der Waals surface area contributed by atoms with Crippen LogP contribution in [0.5, 0.6) is 0 Å². The molecule has 0 unspecified atom stereocenters. The van der Waals surface area contributed by atoms with Crippen molar-refractivity contribution < 1.29 is 9.59 Å². The van der Waals surface area contributed by atoms with Crippen LogP contribution < -0.4 is 10.6 Å². The average molecular weight is 364 g/mol. The number of thioether (sulfide) groups is 1. The molecule has 0 aliphatic carbocycles. The first kappa shape index (κ1) is 18.5. The van der Waals surface area contributed by atoms with E-state index in [1.54, 1.807) is 35.6 Å². The van der Waals surface area contributed by atoms with Crippen molar-refractivity contribution in [2.45, 2.75) is 37.4 Å². The third-order valence-electron chi connectivity index (χ3n) is 3.07. The van der Waals surface area contributed by atoms with Crippen LogP contribution in [0.15, 0.2) is 34.0 Å². The molecule has 2 N–H and O–H groups in total. The lowest BCUT2D eigenvalue weighted by atomic mass is 9.93. The number of carbonyl (C=O) groups excluding carboxylic acids is 2. The Morgan fingerprint density at radius 2 is 1.71 bits per heavy atom. The molecule has 0 radical (unpaired) electrons. The molecule has 0 saturated carbocycles. The second-order valence-corrected chi connectivity index (χ2v) is 8.42. The largest absolute Gasteiger partial charge is 0.326 e. The summed E-state index contributed by atoms with van der Waals surface area (Å²) in [6.45, 7) is 7.81. The van der Waals surface area contributed by atoms with Crippen molar-refractivity contribution in [2.75, 3.05) is 16.4 Å². The number of benzene rings is 1. The number of hydrogen-bond donors (Lipinski definition) is 2. The molecule has 1 aromatic heterocycles. The number of rotatable bonds is 5. The highest BCUT2D eigenvalue weighted by molar-refractivity contribution is 8.01. The zero-order valence-electron chi connectivity index (χ0n) is 14.2. The van der Waals surface area contributed by atoms with E-state index in [9.17, 15) is 9.59 Å². The summed E-state index contributed by atoms with van der Waals surface area (Å²) in [6, 6.07) is 7.02. The Labute approximate surface area is 150 Å². The molecule has 7 heteroatoms. The molecule has 2 amide bonds. The maximum absolute atomic E-state index is 12.0. The van der Waals surface area contributed by atoms with Crippen molar-refractivity contribution in [3.63, 3.8) is 0 Å². The van der Waals surface area contributed by atoms with Gasteiger partial charge in [0.25, 0.3) is 0 Å². The van der Waals surface area contributed by atoms with Crippen LogP contribution in [-0.4, -0.2) is 22.6 Å². The Balaban J connectivity index is 1.85. The van der Waals surface area contributed by atoms with Gasteiger partial charge in [-0.05, 0) is 24.3 Å². The molecule has 1 heterocycles. The smallest absolute Gasteiger partial charge is 0.234 e. The Bertz CT molecular complexity index is 718. The lowest BCUT2D eigenvalue weighted by Gasteiger charge is -2.14. The molecule has 24 heavy (non-hydrogen) atoms. The van der Waals surface area contributed by atoms with Crippen molar-refractivity contribution in [3.8, 4) is 0 Å². The minimum Gasteiger partial charge on any atom is -0.326 e. The lowest BCUT2D eigenvalue weighted by Crippen LogP contribution is -2.14. The van der Waals surface area contributed by atoms with Gasteiger partial charge in [0.15, 0.2) is 4.34 Å². The van der Waals surface area contributed by atoms with Crippen LogP contribution in [0.25, 0.3) is 0 Å². The summed E-state index contributed by atoms with van der Waals surface area (Å²) in [5, 5.41) is 7.56. The predicted octanol–water partition coefficient (Wildman–Crippen LogP) is 4.13. The average Bonchev–Trinajstić information content (AvgIpc) is 2.96. The lowest BCUT2D eigenvalue weighted by molar-refractivity contribution is -0.114. The first-order valence-corrected chi connectivity index (χ1v) is 9.37. The molecular formula is C17H21N3O2S2. The molecule has 2 aromatic rings. The Morgan fingerprint density at radius 3 is 2.21 bits per heavy atom. The summed E-state index contributed by atoms with van der Waals surface area (Å²) in [4.78, 5) is 27.6. The van der Waals surface area contributed by atoms with Crippen LogP contribution in [0.3, 0.4) is 0 Å². The van der Waals surface area contributed by atoms with Crippen LogP contribution >= 0.6 is 23.1 Å². The quantitative estimate of drug-likeness (QED) is 0.784. The number of aromatic nitrogens is 1. The predicted molar refractivity (Wildman–Crippen MR) is 101 cm³/mol. The summed E-state index contributed by atoms with van der Waals surface area (Å²) in [5.74, 6) is 0.103. The fourth-order valence-corrected chi connectivity index (χ4v) is 3.69. The standard InChI is InChI=1S/C17H21N3O2S2/c1-11(21)18-12-5-7-13(8-6-12)19-15(22)10-24-16-20-14(9-23-16)17(2,3)4/h5-9H,10H2,1-4H3,(H,18,21)(H,19,22). The van der Waals surface area contributed by atoms with E-state index in [0.29, 0.717) is 17.1 Å². The van der Waals surface area contributed by atoms with Crippen molar-refractivity contribution in [2.24, 2.45) is 0 Å². The normalized spacial score (nSPS) is 11.2. The van der Waals surface area contributed by atoms with E-state index in [0.717, 1.165) is 10.0 Å². The zero-order chi connectivity index (χ0) is 17.7. The molecule has 5 nitrogen and oxygen atoms in total. The summed E-state index contributed by atoms with van der Waals surface area (Å²) >= 11 is 3.00. The fraction of sp³-hybridized carbons (Fsp3) is 0.353. The molecule has 0 aliphatic heterocycles. The van der Waals surface area contributed by atoms with E-state index < -0.39 is 0 Å². The van der Waals surface area contributed by atoms with E-state index in [1.807, 2.05) is 5.38 Å². The molecule has 1 aromatic carbocycles. The van der Waals surface area contributed by atoms with Crippen molar-refractivity contribution in [1.82, 2.24) is 4.98 Å². The van der Waals surface area contributed by atoms with Crippen LogP contribution in [-0.2, 0) is 15.0 Å². The molecule has 0 saturated heterocycles. The second-order valence-electron chi connectivity index (χ2n) is 6.34. The fourth-order valence-electron chi connectivity index (χ4n) is 1.83. The number of amides is 2. The highest BCUT2D eigenvalue weighted by Crippen LogP contribution is 2.29. The minimum atomic E-state index is -0.124. The Hall–Kier alpha value is -1.86. The van der Waals surface area contributed by atoms with Crippen LogP contribution in [0, 0.1) is 0 Å². The van der Waals surface area contributed by atoms with E-state index in [4.69, 9.17) is 0 Å². The maximum Gasteiger partial charge on any atom is 0.234 e. The van der Waals surface area contributed by atoms with Gasteiger partial charge < -0.3 is 10.6 Å². The van der Waals surface area contributed by atoms with Gasteiger partial charge in [0, 0.05) is 29.1 Å². The number of thiazole rings is 1. The van der Waals surface area contributed by atoms with Gasteiger partial charge in [-0.25, -0.2) is 4.98 Å². The third-order valence-corrected chi connectivity index (χ3v) is 5.09. The van der Waals surface area contributed by atoms with Gasteiger partial charge in [0.05, 0.1) is 11.4 Å². The number of nitrogens with one attached hydrogen (secondary N) is 2. The topological polar surface area (TPSA) is 71.1 Å². The van der Waals surface area contributed by atoms with Gasteiger partial charge in [0.1, 0.15) is 0 Å². The van der Waals surface area contributed by atoms with Gasteiger partial charge in [-0.3, -0.25) is 9.59 Å². The number of nitrogens with zero attached hydrogens (tertiary/aromatic N) is 1. The molecule has 0 bridgehead atoms. The summed E-state index contributed by atoms with van der Waals surface area (Å²) < 4.78 is 0.899. The Morgan fingerprint density at radius 1 is 1.12 bits per heavy atom. The van der Waals surface area contributed by atoms with Crippen molar-refractivity contribution >= 4 is 46.3 Å². The summed E-state index contributed by atoms with van der Waals surface area (Å²) in [6.07, 6.45) is 0. The molecule has 0 aliphatic rings. The zero-order valence-corrected chi connectivity index (χ0v) is 15.8. The van der Waals surface area contributed by atoms with Crippen molar-refractivity contribution in [1.29, 1.82) is 0 Å². The highest BCUT2D eigenvalue weighted by atomic mass is 32.2. The van der Waals surface area contributed by atoms with Crippen molar-refractivity contribution in [3.05, 3.63) is 35.3 Å². The molecule has 2 rings (SSSR count). The first-order valence-electron chi connectivity index (χ1n) is 7.50. The highest BCUT2D eigenvalue weighted by Gasteiger charge is 2.17. The number of hydrogen-bond acceptors (Lipinski definition) is 5. The Kier molecular flexibility index (Phi) is 6.01. The summed E-state index contributed by atoms with van der Waals surface area (Å²) in [7, 11) is 0. The van der Waals surface area contributed by atoms with E-state index in [1.165, 1.54) is 18.7 Å². The van der Waals surface area contributed by atoms with Gasteiger partial charge in [-0.15, -0.1) is 11.3 Å². The second kappa shape index (κ2) is 7.81. The molecule has 0 atom stereocenters. The molecule has 0 spiro atoms. The SMILES string of the molecule is CC(=O)Nc1ccc(NC(=O)CSc2nc(C(C)(C)C)cs2)cc1. The van der Waals surface area contributed by atoms with Gasteiger partial charge in [-0.2, -0.15) is 0 Å². The van der Waals surface area contributed by atoms with E-state index in [-0.39, 0.29) is 17.2 Å². The van der Waals surface area contributed by atoms with Crippen LogP contribution in [0.2, 0.25) is 0 Å². The monoisotopic (exact) mass is 363 g/mol.